The van der Waals surface area contributed by atoms with Gasteiger partial charge in [0, 0.05) is 19.5 Å². The van der Waals surface area contributed by atoms with Gasteiger partial charge in [0.1, 0.15) is 0 Å². The molecule has 2 nitrogen and oxygen atoms in total. The summed E-state index contributed by atoms with van der Waals surface area (Å²) in [6.45, 7) is 3.34. The third-order valence-electron chi connectivity index (χ3n) is 2.16. The molecule has 1 rings (SSSR count). The maximum Gasteiger partial charge on any atom is 0.0990 e. The summed E-state index contributed by atoms with van der Waals surface area (Å²) in [7, 11) is 1.87. The van der Waals surface area contributed by atoms with Gasteiger partial charge in [0.25, 0.3) is 0 Å². The normalized spacial score (nSPS) is 30.2. The highest BCUT2D eigenvalue weighted by Gasteiger charge is 2.16. The van der Waals surface area contributed by atoms with Gasteiger partial charge in [0.15, 0.2) is 0 Å². The summed E-state index contributed by atoms with van der Waals surface area (Å²) in [5, 5.41) is 3.32. The highest BCUT2D eigenvalue weighted by atomic mass is 15.0. The molecule has 1 aliphatic rings. The first-order chi connectivity index (χ1) is 4.88. The SMILES string of the molecule is CCC1CCCNC1=NC. The second-order valence-corrected chi connectivity index (χ2v) is 2.78. The lowest BCUT2D eigenvalue weighted by Gasteiger charge is -2.23. The van der Waals surface area contributed by atoms with Crippen LogP contribution in [0.1, 0.15) is 26.2 Å². The van der Waals surface area contributed by atoms with Crippen LogP contribution in [-0.4, -0.2) is 19.4 Å². The summed E-state index contributed by atoms with van der Waals surface area (Å²) in [5.41, 5.74) is 0. The van der Waals surface area contributed by atoms with E-state index in [-0.39, 0.29) is 0 Å². The molecule has 10 heavy (non-hydrogen) atoms. The first-order valence-corrected chi connectivity index (χ1v) is 4.09. The molecule has 1 aliphatic heterocycles. The fourth-order valence-corrected chi connectivity index (χ4v) is 1.51. The van der Waals surface area contributed by atoms with Crippen molar-refractivity contribution in [3.8, 4) is 0 Å². The lowest BCUT2D eigenvalue weighted by Crippen LogP contribution is -2.36. The number of hydrogen-bond donors (Lipinski definition) is 1. The highest BCUT2D eigenvalue weighted by molar-refractivity contribution is 5.84. The molecule has 0 amide bonds. The summed E-state index contributed by atoms with van der Waals surface area (Å²) < 4.78 is 0. The number of nitrogens with one attached hydrogen (secondary N) is 1. The van der Waals surface area contributed by atoms with Gasteiger partial charge < -0.3 is 5.32 Å². The van der Waals surface area contributed by atoms with Crippen LogP contribution in [0, 0.1) is 5.92 Å². The molecule has 1 heterocycles. The fraction of sp³-hybridized carbons (Fsp3) is 0.875. The smallest absolute Gasteiger partial charge is 0.0990 e. The number of piperidine rings is 1. The average Bonchev–Trinajstić information content (AvgIpc) is 2.04. The fourth-order valence-electron chi connectivity index (χ4n) is 1.51. The third-order valence-corrected chi connectivity index (χ3v) is 2.16. The Morgan fingerprint density at radius 3 is 3.00 bits per heavy atom. The van der Waals surface area contributed by atoms with Crippen LogP contribution in [0.25, 0.3) is 0 Å². The van der Waals surface area contributed by atoms with Crippen molar-refractivity contribution in [3.05, 3.63) is 0 Å². The van der Waals surface area contributed by atoms with Gasteiger partial charge in [-0.1, -0.05) is 6.92 Å². The predicted octanol–water partition coefficient (Wildman–Crippen LogP) is 1.42. The Labute approximate surface area is 62.7 Å². The minimum atomic E-state index is 0.707. The number of rotatable bonds is 1. The van der Waals surface area contributed by atoms with E-state index < -0.39 is 0 Å². The maximum atomic E-state index is 4.21. The van der Waals surface area contributed by atoms with E-state index >= 15 is 0 Å². The molecule has 0 aromatic heterocycles. The summed E-state index contributed by atoms with van der Waals surface area (Å²) in [6.07, 6.45) is 3.84. The first-order valence-electron chi connectivity index (χ1n) is 4.09. The van der Waals surface area contributed by atoms with E-state index in [9.17, 15) is 0 Å². The van der Waals surface area contributed by atoms with Crippen LogP contribution in [-0.2, 0) is 0 Å². The van der Waals surface area contributed by atoms with Gasteiger partial charge in [-0.2, -0.15) is 0 Å². The average molecular weight is 140 g/mol. The molecule has 1 fully saturated rings. The molecule has 1 N–H and O–H groups in total. The van der Waals surface area contributed by atoms with Crippen molar-refractivity contribution in [2.45, 2.75) is 26.2 Å². The Balaban J connectivity index is 2.50. The van der Waals surface area contributed by atoms with E-state index in [2.05, 4.69) is 17.2 Å². The Hall–Kier alpha value is -0.530. The number of aliphatic imine (C=N–C) groups is 1. The highest BCUT2D eigenvalue weighted by Crippen LogP contribution is 2.15. The second-order valence-electron chi connectivity index (χ2n) is 2.78. The first kappa shape index (κ1) is 7.58. The second kappa shape index (κ2) is 3.59. The molecule has 0 bridgehead atoms. The lowest BCUT2D eigenvalue weighted by molar-refractivity contribution is 0.513. The van der Waals surface area contributed by atoms with Gasteiger partial charge in [-0.3, -0.25) is 4.99 Å². The summed E-state index contributed by atoms with van der Waals surface area (Å²) in [6, 6.07) is 0. The Kier molecular flexibility index (Phi) is 2.72. The van der Waals surface area contributed by atoms with Crippen molar-refractivity contribution >= 4 is 5.84 Å². The standard InChI is InChI=1S/C8H16N2/c1-3-7-5-4-6-10-8(7)9-2/h7H,3-6H2,1-2H3,(H,9,10). The van der Waals surface area contributed by atoms with Crippen molar-refractivity contribution < 1.29 is 0 Å². The topological polar surface area (TPSA) is 24.4 Å². The summed E-state index contributed by atoms with van der Waals surface area (Å²) in [5.74, 6) is 1.92. The van der Waals surface area contributed by atoms with Gasteiger partial charge in [-0.05, 0) is 19.3 Å². The van der Waals surface area contributed by atoms with Crippen molar-refractivity contribution in [3.63, 3.8) is 0 Å². The Bertz CT molecular complexity index is 129. The zero-order valence-electron chi connectivity index (χ0n) is 6.85. The molecule has 0 spiro atoms. The molecule has 2 heteroatoms. The molecule has 1 atom stereocenters. The van der Waals surface area contributed by atoms with Gasteiger partial charge >= 0.3 is 0 Å². The van der Waals surface area contributed by atoms with Gasteiger partial charge in [-0.15, -0.1) is 0 Å². The maximum absolute atomic E-state index is 4.21. The largest absolute Gasteiger partial charge is 0.374 e. The van der Waals surface area contributed by atoms with Crippen LogP contribution in [0.5, 0.6) is 0 Å². The molecular weight excluding hydrogens is 124 g/mol. The lowest BCUT2D eigenvalue weighted by atomic mass is 9.96. The van der Waals surface area contributed by atoms with Gasteiger partial charge in [0.2, 0.25) is 0 Å². The summed E-state index contributed by atoms with van der Waals surface area (Å²) in [4.78, 5) is 4.21. The van der Waals surface area contributed by atoms with E-state index in [0.29, 0.717) is 5.92 Å². The number of amidine groups is 1. The summed E-state index contributed by atoms with van der Waals surface area (Å²) >= 11 is 0. The van der Waals surface area contributed by atoms with E-state index in [1.165, 1.54) is 25.1 Å². The van der Waals surface area contributed by atoms with Crippen LogP contribution >= 0.6 is 0 Å². The molecule has 58 valence electrons. The predicted molar refractivity (Wildman–Crippen MR) is 44.4 cm³/mol. The van der Waals surface area contributed by atoms with Crippen molar-refractivity contribution in [1.29, 1.82) is 0 Å². The zero-order valence-corrected chi connectivity index (χ0v) is 6.85. The Morgan fingerprint density at radius 1 is 1.70 bits per heavy atom. The third kappa shape index (κ3) is 1.49. The van der Waals surface area contributed by atoms with Crippen molar-refractivity contribution in [1.82, 2.24) is 5.32 Å². The van der Waals surface area contributed by atoms with Crippen LogP contribution < -0.4 is 5.32 Å². The van der Waals surface area contributed by atoms with Gasteiger partial charge in [-0.25, -0.2) is 0 Å². The van der Waals surface area contributed by atoms with Crippen LogP contribution in [0.15, 0.2) is 4.99 Å². The van der Waals surface area contributed by atoms with E-state index in [1.54, 1.807) is 0 Å². The molecule has 1 unspecified atom stereocenters. The molecular formula is C8H16N2. The van der Waals surface area contributed by atoms with Crippen molar-refractivity contribution in [2.24, 2.45) is 10.9 Å². The quantitative estimate of drug-likeness (QED) is 0.585. The van der Waals surface area contributed by atoms with E-state index in [0.717, 1.165) is 6.54 Å². The minimum absolute atomic E-state index is 0.707. The number of hydrogen-bond acceptors (Lipinski definition) is 1. The molecule has 1 saturated heterocycles. The Morgan fingerprint density at radius 2 is 2.50 bits per heavy atom. The number of nitrogens with zero attached hydrogens (tertiary/aromatic N) is 1. The minimum Gasteiger partial charge on any atom is -0.374 e. The molecule has 0 saturated carbocycles. The van der Waals surface area contributed by atoms with E-state index in [4.69, 9.17) is 0 Å². The molecule has 0 radical (unpaired) electrons. The zero-order chi connectivity index (χ0) is 7.40. The monoisotopic (exact) mass is 140 g/mol. The van der Waals surface area contributed by atoms with Crippen LogP contribution in [0.4, 0.5) is 0 Å². The molecule has 0 aromatic rings. The molecule has 0 aliphatic carbocycles. The van der Waals surface area contributed by atoms with E-state index in [1.807, 2.05) is 7.05 Å². The van der Waals surface area contributed by atoms with Crippen molar-refractivity contribution in [2.75, 3.05) is 13.6 Å². The van der Waals surface area contributed by atoms with Crippen LogP contribution in [0.2, 0.25) is 0 Å². The molecule has 0 aromatic carbocycles. The van der Waals surface area contributed by atoms with Crippen LogP contribution in [0.3, 0.4) is 0 Å². The van der Waals surface area contributed by atoms with Gasteiger partial charge in [0.05, 0.1) is 5.84 Å².